The summed E-state index contributed by atoms with van der Waals surface area (Å²) in [5.41, 5.74) is 1.57. The fourth-order valence-electron chi connectivity index (χ4n) is 3.00. The Labute approximate surface area is 165 Å². The molecule has 28 heavy (non-hydrogen) atoms. The number of rotatable bonds is 7. The number of aromatic nitrogens is 2. The zero-order valence-electron chi connectivity index (χ0n) is 15.7. The van der Waals surface area contributed by atoms with Crippen LogP contribution in [0.3, 0.4) is 0 Å². The lowest BCUT2D eigenvalue weighted by atomic mass is 10.2. The summed E-state index contributed by atoms with van der Waals surface area (Å²) < 4.78 is 0. The van der Waals surface area contributed by atoms with Gasteiger partial charge in [-0.2, -0.15) is 0 Å². The maximum absolute atomic E-state index is 12.6. The maximum Gasteiger partial charge on any atom is 0.323 e. The standard InChI is InChI=1S/C20H21N3O4S/c1-12-13(2)28-20-18(12)19(27)21-15(22-20)8-9-16(24)23(11-17(25)26)10-14-6-4-3-5-7-14/h3-7H,8-11H2,1-2H3,(H,25,26)(H,21,22,27). The van der Waals surface area contributed by atoms with Crippen LogP contribution >= 0.6 is 11.3 Å². The molecule has 0 bridgehead atoms. The smallest absolute Gasteiger partial charge is 0.323 e. The normalized spacial score (nSPS) is 10.9. The molecule has 0 unspecified atom stereocenters. The third-order valence-electron chi connectivity index (χ3n) is 4.56. The van der Waals surface area contributed by atoms with Crippen LogP contribution in [0.4, 0.5) is 0 Å². The molecule has 2 aromatic heterocycles. The van der Waals surface area contributed by atoms with Gasteiger partial charge in [0, 0.05) is 24.3 Å². The van der Waals surface area contributed by atoms with Gasteiger partial charge in [-0.1, -0.05) is 30.3 Å². The number of aliphatic carboxylic acids is 1. The van der Waals surface area contributed by atoms with Gasteiger partial charge < -0.3 is 15.0 Å². The number of carboxylic acids is 1. The third kappa shape index (κ3) is 4.45. The Hall–Kier alpha value is -3.00. The summed E-state index contributed by atoms with van der Waals surface area (Å²) in [5.74, 6) is -0.934. The SMILES string of the molecule is Cc1sc2nc(CCC(=O)N(CC(=O)O)Cc3ccccc3)[nH]c(=O)c2c1C. The van der Waals surface area contributed by atoms with Crippen molar-refractivity contribution in [2.24, 2.45) is 0 Å². The predicted octanol–water partition coefficient (Wildman–Crippen LogP) is 2.65. The minimum Gasteiger partial charge on any atom is -0.480 e. The lowest BCUT2D eigenvalue weighted by molar-refractivity contribution is -0.144. The van der Waals surface area contributed by atoms with E-state index in [-0.39, 0.29) is 37.4 Å². The number of aryl methyl sites for hydroxylation is 3. The minimum absolute atomic E-state index is 0.0674. The molecule has 3 rings (SSSR count). The molecule has 0 saturated heterocycles. The number of H-pyrrole nitrogens is 1. The van der Waals surface area contributed by atoms with Crippen LogP contribution < -0.4 is 5.56 Å². The molecule has 7 nitrogen and oxygen atoms in total. The number of aromatic amines is 1. The van der Waals surface area contributed by atoms with Crippen molar-refractivity contribution in [3.05, 3.63) is 62.5 Å². The average Bonchev–Trinajstić information content (AvgIpc) is 2.94. The molecule has 0 aliphatic carbocycles. The second kappa shape index (κ2) is 8.35. The van der Waals surface area contributed by atoms with Gasteiger partial charge in [0.05, 0.1) is 5.39 Å². The topological polar surface area (TPSA) is 103 Å². The van der Waals surface area contributed by atoms with Crippen molar-refractivity contribution < 1.29 is 14.7 Å². The molecule has 0 aliphatic heterocycles. The Morgan fingerprint density at radius 3 is 2.61 bits per heavy atom. The molecule has 0 atom stereocenters. The number of hydrogen-bond donors (Lipinski definition) is 2. The summed E-state index contributed by atoms with van der Waals surface area (Å²) in [6.45, 7) is 3.68. The van der Waals surface area contributed by atoms with Crippen LogP contribution in [0.2, 0.25) is 0 Å². The highest BCUT2D eigenvalue weighted by Crippen LogP contribution is 2.25. The Balaban J connectivity index is 1.74. The Kier molecular flexibility index (Phi) is 5.89. The predicted molar refractivity (Wildman–Crippen MR) is 108 cm³/mol. The van der Waals surface area contributed by atoms with Crippen molar-refractivity contribution in [3.8, 4) is 0 Å². The summed E-state index contributed by atoms with van der Waals surface area (Å²) in [7, 11) is 0. The van der Waals surface area contributed by atoms with Crippen LogP contribution in [0.5, 0.6) is 0 Å². The van der Waals surface area contributed by atoms with Gasteiger partial charge in [-0.3, -0.25) is 14.4 Å². The van der Waals surface area contributed by atoms with Gasteiger partial charge in [-0.05, 0) is 25.0 Å². The first-order chi connectivity index (χ1) is 13.3. The molecule has 2 heterocycles. The van der Waals surface area contributed by atoms with E-state index in [0.29, 0.717) is 16.0 Å². The van der Waals surface area contributed by atoms with Crippen LogP contribution in [0.1, 0.15) is 28.2 Å². The third-order valence-corrected chi connectivity index (χ3v) is 5.66. The number of hydrogen-bond acceptors (Lipinski definition) is 5. The molecule has 8 heteroatoms. The number of carboxylic acid groups (broad SMARTS) is 1. The second-order valence-electron chi connectivity index (χ2n) is 6.61. The van der Waals surface area contributed by atoms with Crippen molar-refractivity contribution >= 4 is 33.4 Å². The number of carbonyl (C=O) groups excluding carboxylic acids is 1. The largest absolute Gasteiger partial charge is 0.480 e. The molecule has 0 fully saturated rings. The summed E-state index contributed by atoms with van der Waals surface area (Å²) in [4.78, 5) is 46.3. The fourth-order valence-corrected chi connectivity index (χ4v) is 4.05. The zero-order chi connectivity index (χ0) is 20.3. The van der Waals surface area contributed by atoms with Crippen molar-refractivity contribution in [2.75, 3.05) is 6.54 Å². The first-order valence-corrected chi connectivity index (χ1v) is 9.69. The highest BCUT2D eigenvalue weighted by atomic mass is 32.1. The Bertz CT molecular complexity index is 1070. The monoisotopic (exact) mass is 399 g/mol. The summed E-state index contributed by atoms with van der Waals surface area (Å²) >= 11 is 1.45. The van der Waals surface area contributed by atoms with Crippen molar-refractivity contribution in [1.82, 2.24) is 14.9 Å². The van der Waals surface area contributed by atoms with Crippen LogP contribution in [0.25, 0.3) is 10.2 Å². The number of benzene rings is 1. The van der Waals surface area contributed by atoms with E-state index < -0.39 is 5.97 Å². The average molecular weight is 399 g/mol. The zero-order valence-corrected chi connectivity index (χ0v) is 16.5. The molecular weight excluding hydrogens is 378 g/mol. The van der Waals surface area contributed by atoms with Crippen molar-refractivity contribution in [3.63, 3.8) is 0 Å². The quantitative estimate of drug-likeness (QED) is 0.636. The molecule has 0 aliphatic rings. The maximum atomic E-state index is 12.6. The number of nitrogens with zero attached hydrogens (tertiary/aromatic N) is 2. The lowest BCUT2D eigenvalue weighted by Gasteiger charge is -2.20. The number of fused-ring (bicyclic) bond motifs is 1. The highest BCUT2D eigenvalue weighted by molar-refractivity contribution is 7.18. The molecular formula is C20H21N3O4S. The Morgan fingerprint density at radius 1 is 1.21 bits per heavy atom. The van der Waals surface area contributed by atoms with Gasteiger partial charge in [0.15, 0.2) is 0 Å². The van der Waals surface area contributed by atoms with E-state index in [1.54, 1.807) is 0 Å². The molecule has 1 aromatic carbocycles. The molecule has 2 N–H and O–H groups in total. The van der Waals surface area contributed by atoms with Gasteiger partial charge in [0.2, 0.25) is 5.91 Å². The van der Waals surface area contributed by atoms with Gasteiger partial charge in [-0.25, -0.2) is 4.98 Å². The first-order valence-electron chi connectivity index (χ1n) is 8.87. The first kappa shape index (κ1) is 19.8. The summed E-state index contributed by atoms with van der Waals surface area (Å²) in [6, 6.07) is 9.23. The van der Waals surface area contributed by atoms with Crippen LogP contribution in [0, 0.1) is 13.8 Å². The van der Waals surface area contributed by atoms with Crippen LogP contribution in [-0.4, -0.2) is 38.4 Å². The van der Waals surface area contributed by atoms with Gasteiger partial charge in [0.1, 0.15) is 17.2 Å². The highest BCUT2D eigenvalue weighted by Gasteiger charge is 2.18. The number of nitrogens with one attached hydrogen (secondary N) is 1. The number of thiophene rings is 1. The van der Waals surface area contributed by atoms with Crippen molar-refractivity contribution in [1.29, 1.82) is 0 Å². The number of amides is 1. The van der Waals surface area contributed by atoms with E-state index in [0.717, 1.165) is 16.0 Å². The van der Waals surface area contributed by atoms with Gasteiger partial charge >= 0.3 is 5.97 Å². The Morgan fingerprint density at radius 2 is 1.93 bits per heavy atom. The van der Waals surface area contributed by atoms with E-state index in [4.69, 9.17) is 5.11 Å². The van der Waals surface area contributed by atoms with Gasteiger partial charge in [-0.15, -0.1) is 11.3 Å². The molecule has 146 valence electrons. The van der Waals surface area contributed by atoms with E-state index >= 15 is 0 Å². The van der Waals surface area contributed by atoms with E-state index in [9.17, 15) is 14.4 Å². The second-order valence-corrected chi connectivity index (χ2v) is 7.81. The fraction of sp³-hybridized carbons (Fsp3) is 0.300. The molecule has 3 aromatic rings. The lowest BCUT2D eigenvalue weighted by Crippen LogP contribution is -2.35. The summed E-state index contributed by atoms with van der Waals surface area (Å²) in [5, 5.41) is 9.72. The summed E-state index contributed by atoms with van der Waals surface area (Å²) in [6.07, 6.45) is 0.308. The molecule has 1 amide bonds. The molecule has 0 spiro atoms. The van der Waals surface area contributed by atoms with E-state index in [1.807, 2.05) is 44.2 Å². The number of carbonyl (C=O) groups is 2. The van der Waals surface area contributed by atoms with Crippen LogP contribution in [0.15, 0.2) is 35.1 Å². The van der Waals surface area contributed by atoms with Crippen molar-refractivity contribution in [2.45, 2.75) is 33.2 Å². The molecule has 0 radical (unpaired) electrons. The van der Waals surface area contributed by atoms with E-state index in [1.165, 1.54) is 16.2 Å². The van der Waals surface area contributed by atoms with Crippen LogP contribution in [-0.2, 0) is 22.6 Å². The minimum atomic E-state index is -1.07. The van der Waals surface area contributed by atoms with Gasteiger partial charge in [0.25, 0.3) is 5.56 Å². The van der Waals surface area contributed by atoms with E-state index in [2.05, 4.69) is 9.97 Å². The molecule has 0 saturated carbocycles.